The van der Waals surface area contributed by atoms with Gasteiger partial charge < -0.3 is 15.0 Å². The smallest absolute Gasteiger partial charge is 0.264 e. The van der Waals surface area contributed by atoms with Crippen LogP contribution in [0, 0.1) is 0 Å². The second-order valence-corrected chi connectivity index (χ2v) is 13.3. The number of carbonyl (C=O) groups is 2. The normalized spacial score (nSPS) is 12.0. The van der Waals surface area contributed by atoms with Gasteiger partial charge in [-0.25, -0.2) is 8.42 Å². The molecule has 3 aromatic carbocycles. The standard InChI is InChI=1S/C31H36BrCl2N3O5S/c1-4-7-19-35-31(39)29(5-2)36(20-26-27(33)9-8-10-28(26)34)30(38)21-37(23-13-15-24(16-14-23)42-6-3)43(40,41)25-17-11-22(32)12-18-25/h8-18,29H,4-7,19-21H2,1-3H3,(H,35,39)/t29-/m1/s1. The molecule has 0 aliphatic heterocycles. The van der Waals surface area contributed by atoms with E-state index in [0.29, 0.717) is 39.0 Å². The molecule has 0 aliphatic carbocycles. The van der Waals surface area contributed by atoms with E-state index in [9.17, 15) is 18.0 Å². The van der Waals surface area contributed by atoms with Gasteiger partial charge in [-0.3, -0.25) is 13.9 Å². The SMILES string of the molecule is CCCCNC(=O)[C@@H](CC)N(Cc1c(Cl)cccc1Cl)C(=O)CN(c1ccc(OCC)cc1)S(=O)(=O)c1ccc(Br)cc1. The third-order valence-electron chi connectivity index (χ3n) is 6.72. The molecule has 8 nitrogen and oxygen atoms in total. The van der Waals surface area contributed by atoms with E-state index in [1.807, 2.05) is 13.8 Å². The van der Waals surface area contributed by atoms with Crippen LogP contribution in [0.25, 0.3) is 0 Å². The van der Waals surface area contributed by atoms with Gasteiger partial charge in [-0.2, -0.15) is 0 Å². The highest BCUT2D eigenvalue weighted by Gasteiger charge is 2.34. The molecule has 0 aromatic heterocycles. The molecule has 0 heterocycles. The van der Waals surface area contributed by atoms with Gasteiger partial charge in [0.15, 0.2) is 0 Å². The number of nitrogens with zero attached hydrogens (tertiary/aromatic N) is 2. The van der Waals surface area contributed by atoms with Gasteiger partial charge in [0, 0.05) is 33.2 Å². The van der Waals surface area contributed by atoms with E-state index in [4.69, 9.17) is 27.9 Å². The summed E-state index contributed by atoms with van der Waals surface area (Å²) in [6.45, 7) is 5.88. The van der Waals surface area contributed by atoms with Gasteiger partial charge >= 0.3 is 0 Å². The van der Waals surface area contributed by atoms with Crippen LogP contribution in [0.1, 0.15) is 45.6 Å². The van der Waals surface area contributed by atoms with Gasteiger partial charge in [0.2, 0.25) is 11.8 Å². The van der Waals surface area contributed by atoms with E-state index in [1.165, 1.54) is 17.0 Å². The molecule has 0 saturated carbocycles. The predicted octanol–water partition coefficient (Wildman–Crippen LogP) is 7.07. The molecule has 0 bridgehead atoms. The first-order chi connectivity index (χ1) is 20.5. The number of ether oxygens (including phenoxy) is 1. The van der Waals surface area contributed by atoms with Gasteiger partial charge in [0.05, 0.1) is 17.2 Å². The molecule has 3 rings (SSSR count). The Balaban J connectivity index is 2.08. The summed E-state index contributed by atoms with van der Waals surface area (Å²) in [4.78, 5) is 28.9. The molecule has 43 heavy (non-hydrogen) atoms. The van der Waals surface area contributed by atoms with Gasteiger partial charge in [0.1, 0.15) is 18.3 Å². The number of sulfonamides is 1. The number of carbonyl (C=O) groups excluding carboxylic acids is 2. The maximum Gasteiger partial charge on any atom is 0.264 e. The van der Waals surface area contributed by atoms with Gasteiger partial charge in [-0.05, 0) is 80.4 Å². The quantitative estimate of drug-likeness (QED) is 0.170. The Morgan fingerprint density at radius 2 is 1.58 bits per heavy atom. The van der Waals surface area contributed by atoms with Crippen LogP contribution in [0.5, 0.6) is 5.75 Å². The zero-order valence-electron chi connectivity index (χ0n) is 24.4. The fourth-order valence-electron chi connectivity index (χ4n) is 4.42. The molecule has 3 aromatic rings. The van der Waals surface area contributed by atoms with Crippen molar-refractivity contribution in [2.24, 2.45) is 0 Å². The van der Waals surface area contributed by atoms with E-state index in [-0.39, 0.29) is 29.5 Å². The first kappa shape index (κ1) is 34.7. The number of rotatable bonds is 15. The largest absolute Gasteiger partial charge is 0.494 e. The number of amides is 2. The molecule has 2 amide bonds. The number of halogens is 3. The van der Waals surface area contributed by atoms with Crippen molar-refractivity contribution in [2.45, 2.75) is 57.5 Å². The zero-order chi connectivity index (χ0) is 31.6. The van der Waals surface area contributed by atoms with Crippen LogP contribution in [-0.4, -0.2) is 50.9 Å². The minimum absolute atomic E-state index is 0.00225. The van der Waals surface area contributed by atoms with Crippen LogP contribution < -0.4 is 14.4 Å². The van der Waals surface area contributed by atoms with Crippen molar-refractivity contribution in [1.82, 2.24) is 10.2 Å². The van der Waals surface area contributed by atoms with E-state index >= 15 is 0 Å². The molecule has 0 radical (unpaired) electrons. The Morgan fingerprint density at radius 3 is 2.14 bits per heavy atom. The number of hydrogen-bond acceptors (Lipinski definition) is 5. The van der Waals surface area contributed by atoms with E-state index in [2.05, 4.69) is 21.2 Å². The lowest BCUT2D eigenvalue weighted by Gasteiger charge is -2.33. The summed E-state index contributed by atoms with van der Waals surface area (Å²) < 4.78 is 35.3. The molecular formula is C31H36BrCl2N3O5S. The van der Waals surface area contributed by atoms with Crippen molar-refractivity contribution >= 4 is 66.7 Å². The highest BCUT2D eigenvalue weighted by Crippen LogP contribution is 2.30. The van der Waals surface area contributed by atoms with Gasteiger partial charge in [-0.1, -0.05) is 65.5 Å². The summed E-state index contributed by atoms with van der Waals surface area (Å²) in [5.41, 5.74) is 0.721. The van der Waals surface area contributed by atoms with Crippen LogP contribution in [0.3, 0.4) is 0 Å². The third-order valence-corrected chi connectivity index (χ3v) is 9.75. The molecule has 232 valence electrons. The average molecular weight is 714 g/mol. The molecular weight excluding hydrogens is 677 g/mol. The number of hydrogen-bond donors (Lipinski definition) is 1. The Labute approximate surface area is 272 Å². The molecule has 0 spiro atoms. The van der Waals surface area contributed by atoms with E-state index in [0.717, 1.165) is 17.1 Å². The Bertz CT molecular complexity index is 1470. The maximum absolute atomic E-state index is 14.2. The highest BCUT2D eigenvalue weighted by molar-refractivity contribution is 9.10. The minimum Gasteiger partial charge on any atom is -0.494 e. The second-order valence-electron chi connectivity index (χ2n) is 9.68. The number of benzene rings is 3. The summed E-state index contributed by atoms with van der Waals surface area (Å²) in [7, 11) is -4.21. The van der Waals surface area contributed by atoms with Crippen molar-refractivity contribution in [3.05, 3.63) is 86.8 Å². The molecule has 0 unspecified atom stereocenters. The fraction of sp³-hybridized carbons (Fsp3) is 0.355. The summed E-state index contributed by atoms with van der Waals surface area (Å²) in [5.74, 6) is -0.373. The molecule has 0 aliphatic rings. The van der Waals surface area contributed by atoms with Crippen LogP contribution in [0.15, 0.2) is 76.1 Å². The minimum atomic E-state index is -4.21. The Kier molecular flexibility index (Phi) is 13.2. The first-order valence-corrected chi connectivity index (χ1v) is 17.0. The average Bonchev–Trinajstić information content (AvgIpc) is 2.98. The van der Waals surface area contributed by atoms with Gasteiger partial charge in [0.25, 0.3) is 10.0 Å². The molecule has 1 atom stereocenters. The maximum atomic E-state index is 14.2. The Morgan fingerprint density at radius 1 is 0.953 bits per heavy atom. The third kappa shape index (κ3) is 9.11. The fourth-order valence-corrected chi connectivity index (χ4v) is 6.61. The summed E-state index contributed by atoms with van der Waals surface area (Å²) in [6.07, 6.45) is 1.96. The van der Waals surface area contributed by atoms with Crippen LogP contribution >= 0.6 is 39.1 Å². The molecule has 1 N–H and O–H groups in total. The summed E-state index contributed by atoms with van der Waals surface area (Å²) in [6, 6.07) is 16.7. The molecule has 0 saturated heterocycles. The van der Waals surface area contributed by atoms with E-state index in [1.54, 1.807) is 61.5 Å². The van der Waals surface area contributed by atoms with Crippen molar-refractivity contribution in [3.63, 3.8) is 0 Å². The van der Waals surface area contributed by atoms with Crippen LogP contribution in [-0.2, 0) is 26.2 Å². The van der Waals surface area contributed by atoms with Gasteiger partial charge in [-0.15, -0.1) is 0 Å². The van der Waals surface area contributed by atoms with Crippen molar-refractivity contribution in [3.8, 4) is 5.75 Å². The number of unbranched alkanes of at least 4 members (excludes halogenated alkanes) is 1. The highest BCUT2D eigenvalue weighted by atomic mass is 79.9. The molecule has 0 fully saturated rings. The van der Waals surface area contributed by atoms with E-state index < -0.39 is 28.5 Å². The lowest BCUT2D eigenvalue weighted by atomic mass is 10.1. The summed E-state index contributed by atoms with van der Waals surface area (Å²) in [5, 5.41) is 3.56. The monoisotopic (exact) mass is 711 g/mol. The van der Waals surface area contributed by atoms with Crippen molar-refractivity contribution in [2.75, 3.05) is 24.0 Å². The number of nitrogens with one attached hydrogen (secondary N) is 1. The lowest BCUT2D eigenvalue weighted by molar-refractivity contribution is -0.140. The number of anilines is 1. The summed E-state index contributed by atoms with van der Waals surface area (Å²) >= 11 is 16.3. The molecule has 12 heteroatoms. The van der Waals surface area contributed by atoms with Crippen LogP contribution in [0.2, 0.25) is 10.0 Å². The topological polar surface area (TPSA) is 96.0 Å². The van der Waals surface area contributed by atoms with Crippen molar-refractivity contribution in [1.29, 1.82) is 0 Å². The second kappa shape index (κ2) is 16.3. The Hall–Kier alpha value is -2.79. The van der Waals surface area contributed by atoms with Crippen molar-refractivity contribution < 1.29 is 22.7 Å². The lowest BCUT2D eigenvalue weighted by Crippen LogP contribution is -2.52. The zero-order valence-corrected chi connectivity index (χ0v) is 28.3. The predicted molar refractivity (Wildman–Crippen MR) is 175 cm³/mol. The van der Waals surface area contributed by atoms with Crippen LogP contribution in [0.4, 0.5) is 5.69 Å². The first-order valence-electron chi connectivity index (χ1n) is 14.0.